The van der Waals surface area contributed by atoms with Crippen LogP contribution in [0.5, 0.6) is 0 Å². The molecule has 23 heavy (non-hydrogen) atoms. The molecule has 3 nitrogen and oxygen atoms in total. The van der Waals surface area contributed by atoms with Gasteiger partial charge in [0.2, 0.25) is 0 Å². The number of ether oxygens (including phenoxy) is 1. The zero-order valence-electron chi connectivity index (χ0n) is 15.1. The van der Waals surface area contributed by atoms with E-state index < -0.39 is 8.07 Å². The van der Waals surface area contributed by atoms with E-state index in [1.165, 1.54) is 11.6 Å². The fourth-order valence-corrected chi connectivity index (χ4v) is 5.09. The van der Waals surface area contributed by atoms with Gasteiger partial charge in [0, 0.05) is 32.8 Å². The summed E-state index contributed by atoms with van der Waals surface area (Å²) in [5, 5.41) is 0. The number of hydrogen-bond donors (Lipinski definition) is 0. The number of benzene rings is 1. The van der Waals surface area contributed by atoms with Crippen LogP contribution in [0.1, 0.15) is 25.8 Å². The Hall–Kier alpha value is -1.55. The molecule has 0 fully saturated rings. The molecule has 126 valence electrons. The van der Waals surface area contributed by atoms with E-state index in [0.29, 0.717) is 12.6 Å². The van der Waals surface area contributed by atoms with E-state index in [9.17, 15) is 4.79 Å². The topological polar surface area (TPSA) is 29.5 Å². The minimum absolute atomic E-state index is 0.138. The molecule has 1 aliphatic heterocycles. The number of allylic oxidation sites excluding steroid dienone is 1. The second kappa shape index (κ2) is 7.34. The zero-order valence-corrected chi connectivity index (χ0v) is 16.1. The maximum Gasteiger partial charge on any atom is 0.335 e. The quantitative estimate of drug-likeness (QED) is 0.570. The fourth-order valence-electron chi connectivity index (χ4n) is 3.31. The van der Waals surface area contributed by atoms with E-state index in [1.54, 1.807) is 0 Å². The molecule has 0 saturated carbocycles. The standard InChI is InChI=1S/C19H29NO2Si/c1-6-22-19(21)18-12-17(14-23(3,4)5)20(15(18)2)13-16-10-8-7-9-11-16/h7-11,17H,6,12-14H2,1-5H3. The normalized spacial score (nSPS) is 18.5. The van der Waals surface area contributed by atoms with E-state index in [4.69, 9.17) is 4.74 Å². The Kier molecular flexibility index (Phi) is 5.68. The predicted molar refractivity (Wildman–Crippen MR) is 97.9 cm³/mol. The highest BCUT2D eigenvalue weighted by atomic mass is 28.3. The smallest absolute Gasteiger partial charge is 0.335 e. The van der Waals surface area contributed by atoms with Crippen LogP contribution in [-0.4, -0.2) is 31.6 Å². The Labute approximate surface area is 141 Å². The van der Waals surface area contributed by atoms with Gasteiger partial charge >= 0.3 is 5.97 Å². The van der Waals surface area contributed by atoms with E-state index >= 15 is 0 Å². The average Bonchev–Trinajstić information content (AvgIpc) is 2.76. The van der Waals surface area contributed by atoms with Gasteiger partial charge in [0.25, 0.3) is 0 Å². The Bertz CT molecular complexity index is 575. The summed E-state index contributed by atoms with van der Waals surface area (Å²) in [5.41, 5.74) is 3.25. The number of rotatable bonds is 6. The Morgan fingerprint density at radius 1 is 1.26 bits per heavy atom. The van der Waals surface area contributed by atoms with Gasteiger partial charge in [-0.3, -0.25) is 0 Å². The molecule has 1 heterocycles. The Morgan fingerprint density at radius 2 is 1.91 bits per heavy atom. The molecule has 0 spiro atoms. The molecule has 1 aromatic rings. The van der Waals surface area contributed by atoms with E-state index in [-0.39, 0.29) is 5.97 Å². The largest absolute Gasteiger partial charge is 0.463 e. The minimum atomic E-state index is -1.21. The predicted octanol–water partition coefficient (Wildman–Crippen LogP) is 4.44. The highest BCUT2D eigenvalue weighted by Gasteiger charge is 2.35. The summed E-state index contributed by atoms with van der Waals surface area (Å²) in [4.78, 5) is 14.7. The molecular formula is C19H29NO2Si. The first-order valence-electron chi connectivity index (χ1n) is 8.49. The van der Waals surface area contributed by atoms with Crippen molar-refractivity contribution in [2.75, 3.05) is 6.61 Å². The van der Waals surface area contributed by atoms with Gasteiger partial charge in [-0.2, -0.15) is 0 Å². The van der Waals surface area contributed by atoms with Crippen LogP contribution < -0.4 is 0 Å². The molecule has 0 aromatic heterocycles. The summed E-state index contributed by atoms with van der Waals surface area (Å²) < 4.78 is 5.26. The van der Waals surface area contributed by atoms with Crippen molar-refractivity contribution in [3.05, 3.63) is 47.2 Å². The number of carbonyl (C=O) groups excluding carboxylic acids is 1. The van der Waals surface area contributed by atoms with Crippen molar-refractivity contribution in [1.29, 1.82) is 0 Å². The van der Waals surface area contributed by atoms with Gasteiger partial charge in [-0.15, -0.1) is 0 Å². The highest BCUT2D eigenvalue weighted by molar-refractivity contribution is 6.76. The molecule has 0 amide bonds. The average molecular weight is 332 g/mol. The highest BCUT2D eigenvalue weighted by Crippen LogP contribution is 2.35. The van der Waals surface area contributed by atoms with Crippen molar-refractivity contribution in [3.8, 4) is 0 Å². The van der Waals surface area contributed by atoms with Crippen LogP contribution in [0.3, 0.4) is 0 Å². The molecular weight excluding hydrogens is 302 g/mol. The van der Waals surface area contributed by atoms with Gasteiger partial charge in [0.1, 0.15) is 0 Å². The molecule has 4 heteroatoms. The number of hydrogen-bond acceptors (Lipinski definition) is 3. The summed E-state index contributed by atoms with van der Waals surface area (Å²) in [6.07, 6.45) is 0.821. The van der Waals surface area contributed by atoms with Crippen LogP contribution in [-0.2, 0) is 16.1 Å². The van der Waals surface area contributed by atoms with Crippen molar-refractivity contribution in [2.24, 2.45) is 0 Å². The molecule has 0 saturated heterocycles. The lowest BCUT2D eigenvalue weighted by Gasteiger charge is -2.32. The first-order chi connectivity index (χ1) is 10.8. The van der Waals surface area contributed by atoms with Gasteiger partial charge < -0.3 is 9.64 Å². The molecule has 0 N–H and O–H groups in total. The zero-order chi connectivity index (χ0) is 17.0. The van der Waals surface area contributed by atoms with Crippen LogP contribution in [0.25, 0.3) is 0 Å². The van der Waals surface area contributed by atoms with Crippen molar-refractivity contribution in [3.63, 3.8) is 0 Å². The molecule has 1 unspecified atom stereocenters. The van der Waals surface area contributed by atoms with Gasteiger partial charge in [0.05, 0.1) is 12.2 Å². The van der Waals surface area contributed by atoms with Gasteiger partial charge in [0.15, 0.2) is 0 Å². The second-order valence-corrected chi connectivity index (χ2v) is 13.1. The second-order valence-electron chi connectivity index (χ2n) is 7.52. The summed E-state index contributed by atoms with van der Waals surface area (Å²) in [5.74, 6) is -0.138. The summed E-state index contributed by atoms with van der Waals surface area (Å²) in [6.45, 7) is 12.4. The van der Waals surface area contributed by atoms with Gasteiger partial charge in [-0.1, -0.05) is 50.0 Å². The molecule has 1 aromatic carbocycles. The maximum absolute atomic E-state index is 12.3. The summed E-state index contributed by atoms with van der Waals surface area (Å²) >= 11 is 0. The van der Waals surface area contributed by atoms with Crippen LogP contribution in [0, 0.1) is 0 Å². The molecule has 2 rings (SSSR count). The number of nitrogens with zero attached hydrogens (tertiary/aromatic N) is 1. The first-order valence-corrected chi connectivity index (χ1v) is 12.2. The third kappa shape index (κ3) is 4.71. The maximum atomic E-state index is 12.3. The molecule has 1 atom stereocenters. The van der Waals surface area contributed by atoms with E-state index in [1.807, 2.05) is 13.0 Å². The molecule has 1 aliphatic rings. The number of esters is 1. The van der Waals surface area contributed by atoms with Crippen molar-refractivity contribution in [1.82, 2.24) is 4.90 Å². The van der Waals surface area contributed by atoms with Crippen LogP contribution in [0.2, 0.25) is 25.7 Å². The minimum Gasteiger partial charge on any atom is -0.463 e. The fraction of sp³-hybridized carbons (Fsp3) is 0.526. The Balaban J connectivity index is 2.24. The lowest BCUT2D eigenvalue weighted by Crippen LogP contribution is -2.36. The van der Waals surface area contributed by atoms with Crippen LogP contribution >= 0.6 is 0 Å². The lowest BCUT2D eigenvalue weighted by molar-refractivity contribution is -0.138. The van der Waals surface area contributed by atoms with Crippen molar-refractivity contribution >= 4 is 14.0 Å². The van der Waals surface area contributed by atoms with Gasteiger partial charge in [-0.05, 0) is 25.5 Å². The third-order valence-corrected chi connectivity index (χ3v) is 6.01. The lowest BCUT2D eigenvalue weighted by atomic mass is 10.1. The first kappa shape index (κ1) is 17.8. The summed E-state index contributed by atoms with van der Waals surface area (Å²) in [6, 6.07) is 12.1. The van der Waals surface area contributed by atoms with Crippen molar-refractivity contribution < 1.29 is 9.53 Å². The van der Waals surface area contributed by atoms with Gasteiger partial charge in [-0.25, -0.2) is 4.79 Å². The van der Waals surface area contributed by atoms with E-state index in [2.05, 4.69) is 55.7 Å². The molecule has 0 radical (unpaired) electrons. The van der Waals surface area contributed by atoms with Crippen LogP contribution in [0.4, 0.5) is 0 Å². The Morgan fingerprint density at radius 3 is 2.48 bits per heavy atom. The molecule has 0 bridgehead atoms. The SMILES string of the molecule is CCOC(=O)C1=C(C)N(Cc2ccccc2)C(C[Si](C)(C)C)C1. The monoisotopic (exact) mass is 331 g/mol. The summed E-state index contributed by atoms with van der Waals surface area (Å²) in [7, 11) is -1.21. The van der Waals surface area contributed by atoms with Crippen LogP contribution in [0.15, 0.2) is 41.6 Å². The number of carbonyl (C=O) groups is 1. The van der Waals surface area contributed by atoms with Crippen molar-refractivity contribution in [2.45, 2.75) is 58.5 Å². The van der Waals surface area contributed by atoms with E-state index in [0.717, 1.165) is 24.2 Å². The third-order valence-electron chi connectivity index (χ3n) is 4.31. The molecule has 0 aliphatic carbocycles.